The van der Waals surface area contributed by atoms with Gasteiger partial charge in [0.2, 0.25) is 0 Å². The largest absolute Gasteiger partial charge is 0.379 e. The van der Waals surface area contributed by atoms with Crippen molar-refractivity contribution in [2.45, 2.75) is 13.0 Å². The van der Waals surface area contributed by atoms with E-state index >= 15 is 0 Å². The van der Waals surface area contributed by atoms with Gasteiger partial charge in [-0.2, -0.15) is 0 Å². The predicted molar refractivity (Wildman–Crippen MR) is 137 cm³/mol. The first-order valence-electron chi connectivity index (χ1n) is 11.2. The van der Waals surface area contributed by atoms with Gasteiger partial charge in [-0.1, -0.05) is 78.3 Å². The molecule has 0 atom stereocenters. The lowest BCUT2D eigenvalue weighted by Crippen LogP contribution is -2.39. The average Bonchev–Trinajstić information content (AvgIpc) is 2.85. The third-order valence-electron chi connectivity index (χ3n) is 5.85. The van der Waals surface area contributed by atoms with Crippen LogP contribution in [0.4, 0.5) is 0 Å². The fraction of sp³-hybridized carbons (Fsp3) is 0.296. The van der Waals surface area contributed by atoms with Gasteiger partial charge in [0.25, 0.3) is 5.91 Å². The first-order chi connectivity index (χ1) is 15.7. The summed E-state index contributed by atoms with van der Waals surface area (Å²) < 4.78 is 5.45. The molecular formula is C27H30Cl2N2O2. The van der Waals surface area contributed by atoms with Gasteiger partial charge in [0, 0.05) is 43.3 Å². The number of hydrogen-bond acceptors (Lipinski definition) is 3. The molecular weight excluding hydrogens is 455 g/mol. The van der Waals surface area contributed by atoms with Crippen LogP contribution in [0.3, 0.4) is 0 Å². The lowest BCUT2D eigenvalue weighted by atomic mass is 9.98. The van der Waals surface area contributed by atoms with Gasteiger partial charge in [0.1, 0.15) is 0 Å². The Morgan fingerprint density at radius 2 is 1.58 bits per heavy atom. The van der Waals surface area contributed by atoms with E-state index in [2.05, 4.69) is 4.90 Å². The second-order valence-corrected chi connectivity index (χ2v) is 8.44. The molecule has 0 aromatic heterocycles. The molecule has 4 nitrogen and oxygen atoms in total. The molecule has 0 unspecified atom stereocenters. The molecule has 0 spiro atoms. The van der Waals surface area contributed by atoms with Gasteiger partial charge in [-0.05, 0) is 35.2 Å². The van der Waals surface area contributed by atoms with Crippen LogP contribution in [0.15, 0.2) is 78.9 Å². The minimum absolute atomic E-state index is 0. The maximum absolute atomic E-state index is 13.8. The van der Waals surface area contributed by atoms with E-state index in [4.69, 9.17) is 16.3 Å². The number of nitrogens with zero attached hydrogens (tertiary/aromatic N) is 2. The molecule has 33 heavy (non-hydrogen) atoms. The van der Waals surface area contributed by atoms with Crippen LogP contribution >= 0.6 is 24.0 Å². The van der Waals surface area contributed by atoms with E-state index in [0.29, 0.717) is 18.1 Å². The van der Waals surface area contributed by atoms with Crippen molar-refractivity contribution in [1.82, 2.24) is 9.80 Å². The first-order valence-corrected chi connectivity index (χ1v) is 11.6. The molecule has 1 amide bonds. The normalized spacial score (nSPS) is 13.8. The Kier molecular flexibility index (Phi) is 9.76. The summed E-state index contributed by atoms with van der Waals surface area (Å²) in [6, 6.07) is 25.7. The molecule has 3 aromatic rings. The second kappa shape index (κ2) is 12.8. The fourth-order valence-electron chi connectivity index (χ4n) is 4.10. The Morgan fingerprint density at radius 3 is 2.33 bits per heavy atom. The maximum atomic E-state index is 13.8. The zero-order valence-electron chi connectivity index (χ0n) is 18.7. The van der Waals surface area contributed by atoms with E-state index in [1.165, 1.54) is 0 Å². The molecule has 1 aliphatic rings. The van der Waals surface area contributed by atoms with Gasteiger partial charge in [-0.3, -0.25) is 9.69 Å². The standard InChI is InChI=1S/C27H29ClN2O2.ClH/c28-26-14-7-4-11-23(26)21-30(16-8-15-29-17-19-32-20-18-29)27(31)25-13-6-5-12-24(25)22-9-2-1-3-10-22;/h1-7,9-14H,8,15-21H2;1H. The fourth-order valence-corrected chi connectivity index (χ4v) is 4.30. The molecule has 0 saturated carbocycles. The van der Waals surface area contributed by atoms with Crippen LogP contribution in [-0.4, -0.2) is 55.1 Å². The van der Waals surface area contributed by atoms with Gasteiger partial charge in [-0.25, -0.2) is 0 Å². The van der Waals surface area contributed by atoms with E-state index in [0.717, 1.165) is 61.5 Å². The van der Waals surface area contributed by atoms with Crippen LogP contribution < -0.4 is 0 Å². The van der Waals surface area contributed by atoms with E-state index in [9.17, 15) is 4.79 Å². The number of morpholine rings is 1. The number of carbonyl (C=O) groups excluding carboxylic acids is 1. The molecule has 174 valence electrons. The van der Waals surface area contributed by atoms with Crippen molar-refractivity contribution in [2.24, 2.45) is 0 Å². The van der Waals surface area contributed by atoms with Gasteiger partial charge in [-0.15, -0.1) is 12.4 Å². The summed E-state index contributed by atoms with van der Waals surface area (Å²) in [5.74, 6) is 0.0337. The predicted octanol–water partition coefficient (Wildman–Crippen LogP) is 5.79. The van der Waals surface area contributed by atoms with Gasteiger partial charge < -0.3 is 9.64 Å². The second-order valence-electron chi connectivity index (χ2n) is 8.04. The van der Waals surface area contributed by atoms with E-state index in [1.54, 1.807) is 0 Å². The highest BCUT2D eigenvalue weighted by atomic mass is 35.5. The lowest BCUT2D eigenvalue weighted by molar-refractivity contribution is 0.0355. The third-order valence-corrected chi connectivity index (χ3v) is 6.22. The molecule has 6 heteroatoms. The highest BCUT2D eigenvalue weighted by Gasteiger charge is 2.21. The highest BCUT2D eigenvalue weighted by Crippen LogP contribution is 2.26. The summed E-state index contributed by atoms with van der Waals surface area (Å²) in [5.41, 5.74) is 3.68. The van der Waals surface area contributed by atoms with Crippen molar-refractivity contribution in [1.29, 1.82) is 0 Å². The molecule has 0 N–H and O–H groups in total. The van der Waals surface area contributed by atoms with E-state index in [1.807, 2.05) is 83.8 Å². The molecule has 1 heterocycles. The van der Waals surface area contributed by atoms with Crippen molar-refractivity contribution in [2.75, 3.05) is 39.4 Å². The summed E-state index contributed by atoms with van der Waals surface area (Å²) in [7, 11) is 0. The molecule has 3 aromatic carbocycles. The zero-order valence-corrected chi connectivity index (χ0v) is 20.2. The molecule has 1 saturated heterocycles. The molecule has 0 aliphatic carbocycles. The summed E-state index contributed by atoms with van der Waals surface area (Å²) in [6.45, 7) is 5.59. The van der Waals surface area contributed by atoms with Crippen LogP contribution in [0.2, 0.25) is 5.02 Å². The molecule has 1 aliphatic heterocycles. The lowest BCUT2D eigenvalue weighted by Gasteiger charge is -2.29. The topological polar surface area (TPSA) is 32.8 Å². The van der Waals surface area contributed by atoms with Crippen LogP contribution in [0.5, 0.6) is 0 Å². The Labute approximate surface area is 207 Å². The number of benzene rings is 3. The monoisotopic (exact) mass is 484 g/mol. The Bertz CT molecular complexity index is 1020. The van der Waals surface area contributed by atoms with E-state index in [-0.39, 0.29) is 18.3 Å². The summed E-state index contributed by atoms with van der Waals surface area (Å²) >= 11 is 6.44. The first kappa shape index (κ1) is 25.3. The number of rotatable bonds is 8. The minimum atomic E-state index is 0. The van der Waals surface area contributed by atoms with Crippen molar-refractivity contribution in [3.8, 4) is 11.1 Å². The Balaban J connectivity index is 0.00000306. The number of hydrogen-bond donors (Lipinski definition) is 0. The summed E-state index contributed by atoms with van der Waals surface area (Å²) in [4.78, 5) is 18.1. The Morgan fingerprint density at radius 1 is 0.909 bits per heavy atom. The van der Waals surface area contributed by atoms with Crippen molar-refractivity contribution >= 4 is 29.9 Å². The number of amides is 1. The average molecular weight is 485 g/mol. The summed E-state index contributed by atoms with van der Waals surface area (Å²) in [6.07, 6.45) is 0.906. The Hall–Kier alpha value is -2.37. The van der Waals surface area contributed by atoms with Crippen LogP contribution in [0.25, 0.3) is 11.1 Å². The van der Waals surface area contributed by atoms with Crippen LogP contribution in [0.1, 0.15) is 22.3 Å². The van der Waals surface area contributed by atoms with Crippen molar-refractivity contribution in [3.05, 3.63) is 95.0 Å². The minimum Gasteiger partial charge on any atom is -0.379 e. The van der Waals surface area contributed by atoms with Gasteiger partial charge >= 0.3 is 0 Å². The van der Waals surface area contributed by atoms with Crippen molar-refractivity contribution in [3.63, 3.8) is 0 Å². The SMILES string of the molecule is Cl.O=C(c1ccccc1-c1ccccc1)N(CCCN1CCOCC1)Cc1ccccc1Cl. The third kappa shape index (κ3) is 6.81. The van der Waals surface area contributed by atoms with Gasteiger partial charge in [0.05, 0.1) is 13.2 Å². The quantitative estimate of drug-likeness (QED) is 0.405. The molecule has 4 rings (SSSR count). The highest BCUT2D eigenvalue weighted by molar-refractivity contribution is 6.31. The van der Waals surface area contributed by atoms with Crippen LogP contribution in [0, 0.1) is 0 Å². The maximum Gasteiger partial charge on any atom is 0.254 e. The van der Waals surface area contributed by atoms with E-state index < -0.39 is 0 Å². The molecule has 0 bridgehead atoms. The number of ether oxygens (including phenoxy) is 1. The molecule has 0 radical (unpaired) electrons. The summed E-state index contributed by atoms with van der Waals surface area (Å²) in [5, 5.41) is 0.690. The number of halogens is 2. The van der Waals surface area contributed by atoms with Crippen LogP contribution in [-0.2, 0) is 11.3 Å². The number of carbonyl (C=O) groups is 1. The van der Waals surface area contributed by atoms with Gasteiger partial charge in [0.15, 0.2) is 0 Å². The molecule has 1 fully saturated rings. The zero-order chi connectivity index (χ0) is 22.2. The van der Waals surface area contributed by atoms with Crippen molar-refractivity contribution < 1.29 is 9.53 Å². The smallest absolute Gasteiger partial charge is 0.254 e.